The van der Waals surface area contributed by atoms with Crippen LogP contribution < -0.4 is 4.90 Å². The number of aldehydes is 1. The van der Waals surface area contributed by atoms with Crippen LogP contribution in [0.5, 0.6) is 0 Å². The van der Waals surface area contributed by atoms with Crippen molar-refractivity contribution in [2.24, 2.45) is 0 Å². The van der Waals surface area contributed by atoms with E-state index in [9.17, 15) is 18.8 Å². The number of anilines is 1. The van der Waals surface area contributed by atoms with Gasteiger partial charge in [0.2, 0.25) is 0 Å². The Morgan fingerprint density at radius 3 is 2.41 bits per heavy atom. The third-order valence-electron chi connectivity index (χ3n) is 3.54. The van der Waals surface area contributed by atoms with E-state index in [2.05, 4.69) is 4.74 Å². The number of hydrogen-bond acceptors (Lipinski definition) is 5. The van der Waals surface area contributed by atoms with Crippen LogP contribution >= 0.6 is 0 Å². The molecule has 1 heterocycles. The lowest BCUT2D eigenvalue weighted by Gasteiger charge is -2.34. The summed E-state index contributed by atoms with van der Waals surface area (Å²) in [6.07, 6.45) is -0.558. The summed E-state index contributed by atoms with van der Waals surface area (Å²) in [5.41, 5.74) is 0.0617. The number of carboxylic acid groups (broad SMARTS) is 1. The molecule has 7 nitrogen and oxygen atoms in total. The summed E-state index contributed by atoms with van der Waals surface area (Å²) >= 11 is 0. The number of esters is 1. The number of piperazine rings is 1. The van der Waals surface area contributed by atoms with Crippen LogP contribution in [0.3, 0.4) is 0 Å². The fraction of sp³-hybridized carbons (Fsp3) is 0.357. The molecule has 0 aliphatic carbocycles. The quantitative estimate of drug-likeness (QED) is 0.667. The number of ether oxygens (including phenoxy) is 1. The molecule has 1 saturated heterocycles. The SMILES string of the molecule is COC(=O)c1cc(F)c(N2CCN(C(=O)O)CC2)cc1C=O. The molecule has 0 radical (unpaired) electrons. The van der Waals surface area contributed by atoms with E-state index in [1.54, 1.807) is 4.90 Å². The summed E-state index contributed by atoms with van der Waals surface area (Å²) in [4.78, 5) is 36.3. The van der Waals surface area contributed by atoms with Crippen LogP contribution in [0.2, 0.25) is 0 Å². The Morgan fingerprint density at radius 1 is 1.27 bits per heavy atom. The Hall–Kier alpha value is -2.64. The highest BCUT2D eigenvalue weighted by molar-refractivity contribution is 5.99. The summed E-state index contributed by atoms with van der Waals surface area (Å²) in [5.74, 6) is -1.45. The van der Waals surface area contributed by atoms with Crippen molar-refractivity contribution < 1.29 is 28.6 Å². The molecule has 2 rings (SSSR count). The molecule has 22 heavy (non-hydrogen) atoms. The van der Waals surface area contributed by atoms with Crippen LogP contribution in [0, 0.1) is 5.82 Å². The second-order valence-corrected chi connectivity index (χ2v) is 4.76. The minimum Gasteiger partial charge on any atom is -0.465 e. The number of methoxy groups -OCH3 is 1. The molecule has 8 heteroatoms. The Morgan fingerprint density at radius 2 is 1.91 bits per heavy atom. The summed E-state index contributed by atoms with van der Waals surface area (Å²) in [7, 11) is 1.15. The third-order valence-corrected chi connectivity index (χ3v) is 3.54. The average Bonchev–Trinajstić information content (AvgIpc) is 2.54. The maximum atomic E-state index is 14.2. The van der Waals surface area contributed by atoms with Crippen molar-refractivity contribution in [1.82, 2.24) is 4.90 Å². The molecule has 1 aliphatic rings. The zero-order valence-electron chi connectivity index (χ0n) is 11.9. The van der Waals surface area contributed by atoms with Gasteiger partial charge in [0.1, 0.15) is 5.82 Å². The Kier molecular flexibility index (Phi) is 4.59. The van der Waals surface area contributed by atoms with E-state index in [0.29, 0.717) is 19.4 Å². The number of halogens is 1. The summed E-state index contributed by atoms with van der Waals surface area (Å²) in [5, 5.41) is 8.89. The van der Waals surface area contributed by atoms with Crippen molar-refractivity contribution in [2.45, 2.75) is 0 Å². The first kappa shape index (κ1) is 15.7. The lowest BCUT2D eigenvalue weighted by molar-refractivity contribution is 0.0597. The lowest BCUT2D eigenvalue weighted by Crippen LogP contribution is -2.48. The molecule has 1 aliphatic heterocycles. The molecular weight excluding hydrogens is 295 g/mol. The van der Waals surface area contributed by atoms with E-state index in [1.807, 2.05) is 0 Å². The van der Waals surface area contributed by atoms with E-state index in [-0.39, 0.29) is 29.9 Å². The molecule has 0 saturated carbocycles. The molecule has 0 spiro atoms. The first-order chi connectivity index (χ1) is 10.5. The van der Waals surface area contributed by atoms with Crippen molar-refractivity contribution >= 4 is 24.0 Å². The van der Waals surface area contributed by atoms with Gasteiger partial charge in [0.05, 0.1) is 18.4 Å². The van der Waals surface area contributed by atoms with E-state index in [1.165, 1.54) is 11.0 Å². The minimum absolute atomic E-state index is 0.0314. The maximum absolute atomic E-state index is 14.2. The molecule has 0 atom stereocenters. The van der Waals surface area contributed by atoms with Crippen molar-refractivity contribution in [3.63, 3.8) is 0 Å². The number of hydrogen-bond donors (Lipinski definition) is 1. The Bertz CT molecular complexity index is 611. The lowest BCUT2D eigenvalue weighted by atomic mass is 10.1. The van der Waals surface area contributed by atoms with Gasteiger partial charge in [0.15, 0.2) is 6.29 Å². The van der Waals surface area contributed by atoms with Gasteiger partial charge in [0.25, 0.3) is 0 Å². The first-order valence-electron chi connectivity index (χ1n) is 6.57. The van der Waals surface area contributed by atoms with Gasteiger partial charge >= 0.3 is 12.1 Å². The molecule has 0 bridgehead atoms. The largest absolute Gasteiger partial charge is 0.465 e. The molecule has 1 aromatic rings. The highest BCUT2D eigenvalue weighted by Gasteiger charge is 2.24. The molecule has 1 N–H and O–H groups in total. The van der Waals surface area contributed by atoms with Gasteiger partial charge < -0.3 is 19.6 Å². The maximum Gasteiger partial charge on any atom is 0.407 e. The van der Waals surface area contributed by atoms with Gasteiger partial charge in [-0.3, -0.25) is 4.79 Å². The number of benzene rings is 1. The molecule has 1 aromatic carbocycles. The predicted molar refractivity (Wildman–Crippen MR) is 74.9 cm³/mol. The van der Waals surface area contributed by atoms with Gasteiger partial charge in [-0.25, -0.2) is 14.0 Å². The molecular formula is C14H15FN2O5. The minimum atomic E-state index is -1.02. The monoisotopic (exact) mass is 310 g/mol. The zero-order chi connectivity index (χ0) is 16.3. The number of carbonyl (C=O) groups excluding carboxylic acids is 2. The van der Waals surface area contributed by atoms with Gasteiger partial charge in [-0.1, -0.05) is 0 Å². The normalized spacial score (nSPS) is 14.6. The highest BCUT2D eigenvalue weighted by Crippen LogP contribution is 2.25. The molecule has 1 fully saturated rings. The van der Waals surface area contributed by atoms with E-state index in [0.717, 1.165) is 13.2 Å². The number of nitrogens with zero attached hydrogens (tertiary/aromatic N) is 2. The Balaban J connectivity index is 2.27. The van der Waals surface area contributed by atoms with Crippen LogP contribution in [-0.4, -0.2) is 61.6 Å². The van der Waals surface area contributed by atoms with Gasteiger partial charge in [-0.05, 0) is 12.1 Å². The second-order valence-electron chi connectivity index (χ2n) is 4.76. The van der Waals surface area contributed by atoms with Gasteiger partial charge in [-0.15, -0.1) is 0 Å². The first-order valence-corrected chi connectivity index (χ1v) is 6.57. The topological polar surface area (TPSA) is 87.2 Å². The number of amides is 1. The van der Waals surface area contributed by atoms with Crippen LogP contribution in [-0.2, 0) is 4.74 Å². The smallest absolute Gasteiger partial charge is 0.407 e. The number of rotatable bonds is 3. The van der Waals surface area contributed by atoms with Crippen LogP contribution in [0.1, 0.15) is 20.7 Å². The van der Waals surface area contributed by atoms with Crippen molar-refractivity contribution in [2.75, 3.05) is 38.2 Å². The van der Waals surface area contributed by atoms with E-state index < -0.39 is 17.9 Å². The van der Waals surface area contributed by atoms with Crippen molar-refractivity contribution in [3.8, 4) is 0 Å². The van der Waals surface area contributed by atoms with Gasteiger partial charge in [-0.2, -0.15) is 0 Å². The Labute approximate surface area is 125 Å². The standard InChI is InChI=1S/C14H15FN2O5/c1-22-13(19)10-7-11(15)12(6-9(10)8-18)16-2-4-17(5-3-16)14(20)21/h6-8H,2-5H2,1H3,(H,20,21). The van der Waals surface area contributed by atoms with E-state index >= 15 is 0 Å². The highest BCUT2D eigenvalue weighted by atomic mass is 19.1. The molecule has 118 valence electrons. The fourth-order valence-electron chi connectivity index (χ4n) is 2.34. The third kappa shape index (κ3) is 3.00. The van der Waals surface area contributed by atoms with Crippen molar-refractivity contribution in [1.29, 1.82) is 0 Å². The van der Waals surface area contributed by atoms with E-state index in [4.69, 9.17) is 5.11 Å². The molecule has 0 aromatic heterocycles. The summed E-state index contributed by atoms with van der Waals surface area (Å²) in [6.45, 7) is 1.09. The van der Waals surface area contributed by atoms with Crippen LogP contribution in [0.15, 0.2) is 12.1 Å². The van der Waals surface area contributed by atoms with Gasteiger partial charge in [0, 0.05) is 31.7 Å². The molecule has 1 amide bonds. The second kappa shape index (κ2) is 6.42. The predicted octanol–water partition coefficient (Wildman–Crippen LogP) is 1.22. The van der Waals surface area contributed by atoms with Crippen LogP contribution in [0.4, 0.5) is 14.9 Å². The van der Waals surface area contributed by atoms with Crippen molar-refractivity contribution in [3.05, 3.63) is 29.1 Å². The zero-order valence-corrected chi connectivity index (χ0v) is 11.9. The van der Waals surface area contributed by atoms with Crippen LogP contribution in [0.25, 0.3) is 0 Å². The fourth-order valence-corrected chi connectivity index (χ4v) is 2.34. The molecule has 0 unspecified atom stereocenters. The summed E-state index contributed by atoms with van der Waals surface area (Å²) in [6, 6.07) is 2.25. The summed E-state index contributed by atoms with van der Waals surface area (Å²) < 4.78 is 18.7. The number of carbonyl (C=O) groups is 3. The average molecular weight is 310 g/mol.